The summed E-state index contributed by atoms with van der Waals surface area (Å²) in [5, 5.41) is 15.1. The van der Waals surface area contributed by atoms with Crippen LogP contribution >= 0.6 is 11.3 Å². The maximum Gasteiger partial charge on any atom is 0.326 e. The molecule has 11 nitrogen and oxygen atoms in total. The number of amides is 1. The van der Waals surface area contributed by atoms with E-state index in [-0.39, 0.29) is 29.6 Å². The zero-order valence-corrected chi connectivity index (χ0v) is 21.1. The predicted octanol–water partition coefficient (Wildman–Crippen LogP) is 1.43. The number of aromatic amines is 2. The van der Waals surface area contributed by atoms with Gasteiger partial charge >= 0.3 is 5.69 Å². The number of aromatic nitrogens is 5. The summed E-state index contributed by atoms with van der Waals surface area (Å²) in [5.74, 6) is -0.235. The van der Waals surface area contributed by atoms with Gasteiger partial charge in [0.1, 0.15) is 5.69 Å². The van der Waals surface area contributed by atoms with E-state index in [1.807, 2.05) is 23.1 Å². The van der Waals surface area contributed by atoms with Crippen molar-refractivity contribution in [3.63, 3.8) is 0 Å². The Bertz CT molecular complexity index is 1640. The van der Waals surface area contributed by atoms with Gasteiger partial charge in [0.25, 0.3) is 5.91 Å². The van der Waals surface area contributed by atoms with Crippen LogP contribution in [0, 0.1) is 0 Å². The topological polar surface area (TPSA) is 141 Å². The highest BCUT2D eigenvalue weighted by atomic mass is 32.1. The Labute approximate surface area is 215 Å². The van der Waals surface area contributed by atoms with Crippen molar-refractivity contribution in [1.82, 2.24) is 29.5 Å². The second kappa shape index (κ2) is 9.60. The Morgan fingerprint density at radius 3 is 2.92 bits per heavy atom. The molecule has 4 aromatic rings. The van der Waals surface area contributed by atoms with Crippen LogP contribution in [0.5, 0.6) is 5.88 Å². The predicted molar refractivity (Wildman–Crippen MR) is 137 cm³/mol. The number of thiophene rings is 1. The van der Waals surface area contributed by atoms with Gasteiger partial charge in [0.05, 0.1) is 40.3 Å². The lowest BCUT2D eigenvalue weighted by molar-refractivity contribution is 0.0432. The fourth-order valence-corrected chi connectivity index (χ4v) is 5.61. The van der Waals surface area contributed by atoms with Crippen LogP contribution < -0.4 is 16.4 Å². The number of hydrogen-bond acceptors (Lipinski definition) is 8. The summed E-state index contributed by atoms with van der Waals surface area (Å²) in [5.41, 5.74) is 1.63. The second-order valence-corrected chi connectivity index (χ2v) is 10.5. The number of carbonyl (C=O) groups excluding carboxylic acids is 1. The highest BCUT2D eigenvalue weighted by Crippen LogP contribution is 2.29. The van der Waals surface area contributed by atoms with Crippen molar-refractivity contribution in [3.05, 3.63) is 56.2 Å². The van der Waals surface area contributed by atoms with Crippen molar-refractivity contribution < 1.29 is 14.6 Å². The van der Waals surface area contributed by atoms with Gasteiger partial charge in [0.15, 0.2) is 11.1 Å². The molecule has 1 aliphatic heterocycles. The van der Waals surface area contributed by atoms with Gasteiger partial charge in [0, 0.05) is 24.9 Å². The van der Waals surface area contributed by atoms with Crippen LogP contribution in [-0.4, -0.2) is 72.8 Å². The number of carbonyl (C=O) groups is 1. The molecule has 5 heterocycles. The monoisotopic (exact) mass is 521 g/mol. The van der Waals surface area contributed by atoms with Crippen molar-refractivity contribution in [1.29, 1.82) is 0 Å². The van der Waals surface area contributed by atoms with Gasteiger partial charge in [0.2, 0.25) is 5.88 Å². The number of fused-ring (bicyclic) bond motifs is 1. The number of methoxy groups -OCH3 is 1. The number of nitrogens with one attached hydrogen (secondary N) is 2. The molecule has 2 fully saturated rings. The fourth-order valence-electron chi connectivity index (χ4n) is 4.69. The number of likely N-dealkylation sites (tertiary alicyclic amines) is 1. The van der Waals surface area contributed by atoms with Crippen molar-refractivity contribution in [2.75, 3.05) is 20.3 Å². The molecule has 1 atom stereocenters. The lowest BCUT2D eigenvalue weighted by atomic mass is 10.0. The third-order valence-electron chi connectivity index (χ3n) is 6.69. The first-order valence-electron chi connectivity index (χ1n) is 12.4. The van der Waals surface area contributed by atoms with Crippen LogP contribution in [0.2, 0.25) is 0 Å². The lowest BCUT2D eigenvalue weighted by Gasteiger charge is -2.35. The Hall–Kier alpha value is -3.77. The highest BCUT2D eigenvalue weighted by molar-refractivity contribution is 7.17. The van der Waals surface area contributed by atoms with Crippen LogP contribution in [-0.2, 0) is 4.74 Å². The second-order valence-electron chi connectivity index (χ2n) is 9.45. The molecule has 2 aliphatic rings. The Kier molecular flexibility index (Phi) is 6.13. The first-order valence-corrected chi connectivity index (χ1v) is 13.2. The largest absolute Gasteiger partial charge is 0.493 e. The van der Waals surface area contributed by atoms with Crippen molar-refractivity contribution in [3.8, 4) is 16.5 Å². The van der Waals surface area contributed by atoms with Crippen molar-refractivity contribution in [2.45, 2.75) is 44.2 Å². The van der Waals surface area contributed by atoms with Crippen molar-refractivity contribution in [2.24, 2.45) is 4.99 Å². The Balaban J connectivity index is 1.41. The molecule has 12 heteroatoms. The molecule has 0 radical (unpaired) electrons. The van der Waals surface area contributed by atoms with E-state index >= 15 is 0 Å². The molecule has 192 valence electrons. The molecule has 1 saturated heterocycles. The highest BCUT2D eigenvalue weighted by Gasteiger charge is 2.28. The molecule has 1 amide bonds. The van der Waals surface area contributed by atoms with E-state index in [0.717, 1.165) is 43.5 Å². The summed E-state index contributed by atoms with van der Waals surface area (Å²) >= 11 is 1.41. The van der Waals surface area contributed by atoms with E-state index in [2.05, 4.69) is 15.1 Å². The van der Waals surface area contributed by atoms with Gasteiger partial charge < -0.3 is 19.7 Å². The fraction of sp³-hybridized carbons (Fsp3) is 0.400. The molecular weight excluding hydrogens is 494 g/mol. The number of imidazole rings is 1. The minimum atomic E-state index is -0.504. The lowest BCUT2D eigenvalue weighted by Crippen LogP contribution is -2.45. The molecule has 4 aromatic heterocycles. The summed E-state index contributed by atoms with van der Waals surface area (Å²) in [6, 6.07) is 6.03. The molecule has 0 aromatic carbocycles. The van der Waals surface area contributed by atoms with Crippen molar-refractivity contribution >= 4 is 29.0 Å². The van der Waals surface area contributed by atoms with Gasteiger partial charge in [-0.15, -0.1) is 11.3 Å². The van der Waals surface area contributed by atoms with Gasteiger partial charge in [-0.3, -0.25) is 14.8 Å². The third kappa shape index (κ3) is 4.69. The third-order valence-corrected chi connectivity index (χ3v) is 7.79. The van der Waals surface area contributed by atoms with E-state index in [4.69, 9.17) is 14.7 Å². The zero-order valence-electron chi connectivity index (χ0n) is 20.3. The average Bonchev–Trinajstić information content (AvgIpc) is 3.26. The normalized spacial score (nSPS) is 19.3. The molecule has 37 heavy (non-hydrogen) atoms. The van der Waals surface area contributed by atoms with E-state index in [1.165, 1.54) is 11.3 Å². The molecule has 3 N–H and O–H groups in total. The van der Waals surface area contributed by atoms with Crippen LogP contribution in [0.1, 0.15) is 47.5 Å². The summed E-state index contributed by atoms with van der Waals surface area (Å²) in [6.45, 7) is 1.27. The number of rotatable bonds is 6. The number of piperidine rings is 1. The van der Waals surface area contributed by atoms with Gasteiger partial charge in [-0.2, -0.15) is 9.61 Å². The molecule has 1 saturated carbocycles. The van der Waals surface area contributed by atoms with E-state index in [9.17, 15) is 14.7 Å². The van der Waals surface area contributed by atoms with Crippen LogP contribution in [0.15, 0.2) is 34.2 Å². The number of aromatic hydroxyl groups is 1. The molecule has 1 unspecified atom stereocenters. The number of ether oxygens (including phenoxy) is 1. The number of H-pyrrole nitrogens is 2. The Morgan fingerprint density at radius 2 is 2.16 bits per heavy atom. The van der Waals surface area contributed by atoms with Crippen LogP contribution in [0.25, 0.3) is 22.3 Å². The molecule has 0 spiro atoms. The summed E-state index contributed by atoms with van der Waals surface area (Å²) < 4.78 is 7.02. The smallest absolute Gasteiger partial charge is 0.326 e. The minimum Gasteiger partial charge on any atom is -0.493 e. The van der Waals surface area contributed by atoms with Gasteiger partial charge in [-0.25, -0.2) is 9.78 Å². The molecule has 6 rings (SSSR count). The summed E-state index contributed by atoms with van der Waals surface area (Å²) in [7, 11) is 1.67. The zero-order chi connectivity index (χ0) is 25.5. The maximum absolute atomic E-state index is 13.4. The minimum absolute atomic E-state index is 0.0206. The Morgan fingerprint density at radius 1 is 1.30 bits per heavy atom. The first-order chi connectivity index (χ1) is 18.0. The quantitative estimate of drug-likeness (QED) is 0.351. The van der Waals surface area contributed by atoms with Crippen LogP contribution in [0.3, 0.4) is 0 Å². The van der Waals surface area contributed by atoms with E-state index in [1.54, 1.807) is 23.9 Å². The standard InChI is InChI=1S/C25H27N7O4S/c1-36-13-16-4-2-3-9-31(16)24(34)20-8-7-19(37-20)17-11-21(27-15-5-6-15)32-22(28-17)14(12-26-32)10-18-23(33)30-25(35)29-18/h7-8,10-12,15-16,33H,2-6,9,13H2,1H3,(H2,29,30,35)/b14-10-,27-21?. The summed E-state index contributed by atoms with van der Waals surface area (Å²) in [6.07, 6.45) is 8.36. The number of hydrogen-bond donors (Lipinski definition) is 3. The molecular formula is C25H27N7O4S. The van der Waals surface area contributed by atoms with E-state index in [0.29, 0.717) is 33.5 Å². The SMILES string of the molecule is COCC1CCCCN1C(=O)c1ccc(-c2cc(=NC3CC3)n3nc/c(=C/c4[nH]c(=O)[nH]c4O)c3n2)s1. The molecule has 0 bridgehead atoms. The van der Waals surface area contributed by atoms with Gasteiger partial charge in [-0.1, -0.05) is 0 Å². The maximum atomic E-state index is 13.4. The molecule has 1 aliphatic carbocycles. The average molecular weight is 522 g/mol. The summed E-state index contributed by atoms with van der Waals surface area (Å²) in [4.78, 5) is 42.9. The van der Waals surface area contributed by atoms with Gasteiger partial charge in [-0.05, 0) is 50.3 Å². The number of nitrogens with zero attached hydrogens (tertiary/aromatic N) is 5. The first kappa shape index (κ1) is 23.6. The van der Waals surface area contributed by atoms with E-state index < -0.39 is 5.69 Å². The van der Waals surface area contributed by atoms with Crippen LogP contribution in [0.4, 0.5) is 0 Å².